The van der Waals surface area contributed by atoms with Crippen LogP contribution in [0.1, 0.15) is 74.9 Å². The molecule has 3 aliphatic rings. The number of hydrogen-bond acceptors (Lipinski definition) is 2. The van der Waals surface area contributed by atoms with E-state index < -0.39 is 5.41 Å². The van der Waals surface area contributed by atoms with Gasteiger partial charge >= 0.3 is 0 Å². The molecule has 1 aromatic heterocycles. The number of thiophene rings is 1. The molecule has 0 bridgehead atoms. The van der Waals surface area contributed by atoms with Crippen molar-refractivity contribution in [3.8, 4) is 67.1 Å². The summed E-state index contributed by atoms with van der Waals surface area (Å²) in [5, 5.41) is 5.00. The topological polar surface area (TPSA) is 9.23 Å². The van der Waals surface area contributed by atoms with E-state index in [1.165, 1.54) is 114 Å². The largest absolute Gasteiger partial charge is 0.456 e. The summed E-state index contributed by atoms with van der Waals surface area (Å²) >= 11 is 1.88. The predicted octanol–water partition coefficient (Wildman–Crippen LogP) is 17.3. The Bertz CT molecular complexity index is 3560. The Balaban J connectivity index is 1.04. The minimum Gasteiger partial charge on any atom is -0.456 e. The SMILES string of the molecule is CC(C)(C)c1ccc2c(c1)C1(c3cc(C(C)(C)C)ccc3-2)c2ccccc2-c2c(-c3ccc4c5c(cccc35)-c3cc(-c5cccc6c5sc5ccccc56)ccc3O4)cccc21. The van der Waals surface area contributed by atoms with Crippen LogP contribution in [0.5, 0.6) is 11.5 Å². The molecule has 1 spiro atoms. The van der Waals surface area contributed by atoms with Crippen molar-refractivity contribution in [3.05, 3.63) is 203 Å². The van der Waals surface area contributed by atoms with E-state index in [9.17, 15) is 0 Å². The summed E-state index contributed by atoms with van der Waals surface area (Å²) in [4.78, 5) is 0. The molecule has 10 aromatic rings. The first-order chi connectivity index (χ1) is 30.5. The summed E-state index contributed by atoms with van der Waals surface area (Å²) in [7, 11) is 0. The van der Waals surface area contributed by atoms with E-state index in [0.29, 0.717) is 0 Å². The average molecular weight is 827 g/mol. The van der Waals surface area contributed by atoms with Crippen molar-refractivity contribution in [1.82, 2.24) is 0 Å². The molecule has 9 aromatic carbocycles. The molecular formula is C61H46OS. The Morgan fingerprint density at radius 3 is 1.75 bits per heavy atom. The van der Waals surface area contributed by atoms with Crippen molar-refractivity contribution in [1.29, 1.82) is 0 Å². The van der Waals surface area contributed by atoms with Gasteiger partial charge in [0, 0.05) is 31.1 Å². The zero-order valence-corrected chi connectivity index (χ0v) is 37.3. The Labute approximate surface area is 373 Å². The monoisotopic (exact) mass is 826 g/mol. The Morgan fingerprint density at radius 1 is 0.397 bits per heavy atom. The maximum absolute atomic E-state index is 6.85. The van der Waals surface area contributed by atoms with E-state index in [1.54, 1.807) is 0 Å². The van der Waals surface area contributed by atoms with Crippen LogP contribution in [-0.2, 0) is 16.2 Å². The van der Waals surface area contributed by atoms with Crippen LogP contribution >= 0.6 is 11.3 Å². The van der Waals surface area contributed by atoms with Crippen molar-refractivity contribution in [2.45, 2.75) is 57.8 Å². The lowest BCUT2D eigenvalue weighted by molar-refractivity contribution is 0.487. The molecule has 0 radical (unpaired) electrons. The quantitative estimate of drug-likeness (QED) is 0.169. The van der Waals surface area contributed by atoms with Crippen LogP contribution in [0.3, 0.4) is 0 Å². The second-order valence-electron chi connectivity index (χ2n) is 20.0. The highest BCUT2D eigenvalue weighted by molar-refractivity contribution is 7.26. The van der Waals surface area contributed by atoms with Gasteiger partial charge in [-0.2, -0.15) is 0 Å². The first-order valence-corrected chi connectivity index (χ1v) is 23.1. The third kappa shape index (κ3) is 4.99. The van der Waals surface area contributed by atoms with Gasteiger partial charge in [-0.15, -0.1) is 11.3 Å². The number of fused-ring (bicyclic) bond motifs is 15. The average Bonchev–Trinajstić information content (AvgIpc) is 3.92. The van der Waals surface area contributed by atoms with Gasteiger partial charge in [0.15, 0.2) is 0 Å². The molecule has 0 saturated heterocycles. The highest BCUT2D eigenvalue weighted by atomic mass is 32.1. The summed E-state index contributed by atoms with van der Waals surface area (Å²) in [6.45, 7) is 14.0. The Morgan fingerprint density at radius 2 is 0.984 bits per heavy atom. The summed E-state index contributed by atoms with van der Waals surface area (Å²) in [5.74, 6) is 1.80. The molecule has 0 unspecified atom stereocenters. The summed E-state index contributed by atoms with van der Waals surface area (Å²) < 4.78 is 9.49. The fourth-order valence-electron chi connectivity index (χ4n) is 11.4. The molecule has 0 amide bonds. The minimum atomic E-state index is -0.461. The van der Waals surface area contributed by atoms with Gasteiger partial charge in [-0.05, 0) is 124 Å². The fraction of sp³-hybridized carbons (Fsp3) is 0.148. The second-order valence-corrected chi connectivity index (χ2v) is 21.0. The van der Waals surface area contributed by atoms with Gasteiger partial charge in [0.1, 0.15) is 11.5 Å². The molecule has 302 valence electrons. The van der Waals surface area contributed by atoms with E-state index in [-0.39, 0.29) is 10.8 Å². The zero-order valence-electron chi connectivity index (χ0n) is 36.5. The fourth-order valence-corrected chi connectivity index (χ4v) is 12.6. The van der Waals surface area contributed by atoms with Gasteiger partial charge in [-0.1, -0.05) is 187 Å². The third-order valence-corrected chi connectivity index (χ3v) is 15.7. The number of rotatable bonds is 2. The van der Waals surface area contributed by atoms with Gasteiger partial charge in [0.2, 0.25) is 0 Å². The molecule has 0 fully saturated rings. The smallest absolute Gasteiger partial charge is 0.135 e. The third-order valence-electron chi connectivity index (χ3n) is 14.4. The Kier molecular flexibility index (Phi) is 7.42. The molecule has 13 rings (SSSR count). The molecule has 2 aliphatic carbocycles. The van der Waals surface area contributed by atoms with Crippen molar-refractivity contribution < 1.29 is 4.74 Å². The molecule has 1 aliphatic heterocycles. The summed E-state index contributed by atoms with van der Waals surface area (Å²) in [6, 6.07) is 64.5. The van der Waals surface area contributed by atoms with Crippen molar-refractivity contribution in [2.75, 3.05) is 0 Å². The van der Waals surface area contributed by atoms with Gasteiger partial charge < -0.3 is 4.74 Å². The van der Waals surface area contributed by atoms with Crippen molar-refractivity contribution in [2.24, 2.45) is 0 Å². The van der Waals surface area contributed by atoms with Gasteiger partial charge in [0.25, 0.3) is 0 Å². The maximum atomic E-state index is 6.85. The van der Waals surface area contributed by atoms with Crippen LogP contribution in [0, 0.1) is 0 Å². The Hall–Kier alpha value is -6.74. The van der Waals surface area contributed by atoms with Crippen LogP contribution in [0.4, 0.5) is 0 Å². The van der Waals surface area contributed by atoms with Crippen LogP contribution in [0.15, 0.2) is 170 Å². The van der Waals surface area contributed by atoms with Crippen LogP contribution in [0.25, 0.3) is 86.6 Å². The first-order valence-electron chi connectivity index (χ1n) is 22.3. The molecule has 2 heteroatoms. The number of benzene rings is 9. The number of ether oxygens (including phenoxy) is 1. The highest BCUT2D eigenvalue weighted by Crippen LogP contribution is 2.65. The summed E-state index contributed by atoms with van der Waals surface area (Å²) in [6.07, 6.45) is 0. The van der Waals surface area contributed by atoms with E-state index in [0.717, 1.165) is 17.1 Å². The predicted molar refractivity (Wildman–Crippen MR) is 267 cm³/mol. The standard InChI is InChI=1S/C61H46OS/c1-59(2,3)36-25-27-40-41-28-26-37(60(4,5)6)34-52(41)61(51(40)33-36)49-21-9-7-15-47(49)56-43(19-13-22-50(56)61)39-29-31-54-57-44(39)17-12-18-45(57)48-32-35(24-30-53(48)62-54)38-16-11-20-46-42-14-8-10-23-55(42)63-58(38)46/h7-34H,1-6H3. The van der Waals surface area contributed by atoms with E-state index in [2.05, 4.69) is 211 Å². The normalized spacial score (nSPS) is 14.1. The highest BCUT2D eigenvalue weighted by Gasteiger charge is 2.53. The first kappa shape index (κ1) is 36.9. The van der Waals surface area contributed by atoms with E-state index in [4.69, 9.17) is 4.74 Å². The van der Waals surface area contributed by atoms with Crippen LogP contribution < -0.4 is 4.74 Å². The molecule has 2 heterocycles. The van der Waals surface area contributed by atoms with Crippen LogP contribution in [-0.4, -0.2) is 0 Å². The number of hydrogen-bond donors (Lipinski definition) is 0. The summed E-state index contributed by atoms with van der Waals surface area (Å²) in [5.41, 5.74) is 20.4. The lowest BCUT2D eigenvalue weighted by atomic mass is 9.68. The minimum absolute atomic E-state index is 0.00111. The lowest BCUT2D eigenvalue weighted by Crippen LogP contribution is -2.27. The molecule has 1 nitrogen and oxygen atoms in total. The molecular weight excluding hydrogens is 781 g/mol. The van der Waals surface area contributed by atoms with E-state index >= 15 is 0 Å². The molecule has 0 saturated carbocycles. The second kappa shape index (κ2) is 12.7. The maximum Gasteiger partial charge on any atom is 0.135 e. The molecule has 0 N–H and O–H groups in total. The zero-order chi connectivity index (χ0) is 42.6. The molecule has 0 atom stereocenters. The van der Waals surface area contributed by atoms with Crippen molar-refractivity contribution in [3.63, 3.8) is 0 Å². The lowest BCUT2D eigenvalue weighted by Gasteiger charge is -2.33. The van der Waals surface area contributed by atoms with Gasteiger partial charge in [-0.25, -0.2) is 0 Å². The molecule has 63 heavy (non-hydrogen) atoms. The van der Waals surface area contributed by atoms with Crippen LogP contribution in [0.2, 0.25) is 0 Å². The van der Waals surface area contributed by atoms with E-state index in [1.807, 2.05) is 11.3 Å². The van der Waals surface area contributed by atoms with Gasteiger partial charge in [-0.3, -0.25) is 0 Å². The van der Waals surface area contributed by atoms with Crippen molar-refractivity contribution >= 4 is 42.3 Å². The van der Waals surface area contributed by atoms with Gasteiger partial charge in [0.05, 0.1) is 5.41 Å².